The second-order valence-corrected chi connectivity index (χ2v) is 4.67. The first-order valence-corrected chi connectivity index (χ1v) is 6.04. The van der Waals surface area contributed by atoms with Gasteiger partial charge in [0.1, 0.15) is 0 Å². The van der Waals surface area contributed by atoms with Crippen LogP contribution in [0.15, 0.2) is 42.5 Å². The van der Waals surface area contributed by atoms with Crippen molar-refractivity contribution in [3.63, 3.8) is 0 Å². The predicted octanol–water partition coefficient (Wildman–Crippen LogP) is 3.58. The molecule has 2 aromatic carbocycles. The van der Waals surface area contributed by atoms with Crippen LogP contribution in [0.3, 0.4) is 0 Å². The molecule has 1 amide bonds. The standard InChI is InChI=1S/C14H11ClN2O/c15-10-1-3-11(4-2-10)16-12-5-6-13-9(7-12)8-14(18)17-13/h1-7,16H,8H2,(H,17,18). The fourth-order valence-electron chi connectivity index (χ4n) is 2.01. The van der Waals surface area contributed by atoms with Crippen molar-refractivity contribution in [3.8, 4) is 0 Å². The Morgan fingerprint density at radius 2 is 1.78 bits per heavy atom. The maximum absolute atomic E-state index is 11.3. The summed E-state index contributed by atoms with van der Waals surface area (Å²) in [5.74, 6) is 0.0497. The number of hydrogen-bond acceptors (Lipinski definition) is 2. The van der Waals surface area contributed by atoms with Crippen LogP contribution in [0.4, 0.5) is 17.1 Å². The van der Waals surface area contributed by atoms with E-state index in [1.54, 1.807) is 0 Å². The Morgan fingerprint density at radius 1 is 1.06 bits per heavy atom. The van der Waals surface area contributed by atoms with Gasteiger partial charge in [0, 0.05) is 22.1 Å². The van der Waals surface area contributed by atoms with Gasteiger partial charge < -0.3 is 10.6 Å². The number of carbonyl (C=O) groups excluding carboxylic acids is 1. The van der Waals surface area contributed by atoms with Crippen molar-refractivity contribution in [2.75, 3.05) is 10.6 Å². The molecule has 0 saturated heterocycles. The van der Waals surface area contributed by atoms with Gasteiger partial charge in [0.15, 0.2) is 0 Å². The van der Waals surface area contributed by atoms with Crippen LogP contribution in [-0.4, -0.2) is 5.91 Å². The summed E-state index contributed by atoms with van der Waals surface area (Å²) in [7, 11) is 0. The molecule has 2 aromatic rings. The number of fused-ring (bicyclic) bond motifs is 1. The van der Waals surface area contributed by atoms with E-state index in [1.807, 2.05) is 42.5 Å². The highest BCUT2D eigenvalue weighted by atomic mass is 35.5. The minimum Gasteiger partial charge on any atom is -0.356 e. The monoisotopic (exact) mass is 258 g/mol. The van der Waals surface area contributed by atoms with Gasteiger partial charge in [0.05, 0.1) is 6.42 Å². The highest BCUT2D eigenvalue weighted by Gasteiger charge is 2.17. The maximum Gasteiger partial charge on any atom is 0.228 e. The first-order valence-electron chi connectivity index (χ1n) is 5.66. The average molecular weight is 259 g/mol. The molecule has 1 aliphatic rings. The summed E-state index contributed by atoms with van der Waals surface area (Å²) >= 11 is 5.83. The van der Waals surface area contributed by atoms with Gasteiger partial charge in [-0.2, -0.15) is 0 Å². The van der Waals surface area contributed by atoms with E-state index < -0.39 is 0 Å². The summed E-state index contributed by atoms with van der Waals surface area (Å²) in [4.78, 5) is 11.3. The first kappa shape index (κ1) is 11.1. The summed E-state index contributed by atoms with van der Waals surface area (Å²) in [5, 5.41) is 6.80. The van der Waals surface area contributed by atoms with E-state index in [0.29, 0.717) is 11.4 Å². The molecule has 4 heteroatoms. The Bertz CT molecular complexity index is 608. The molecule has 0 aliphatic carbocycles. The van der Waals surface area contributed by atoms with Crippen molar-refractivity contribution >= 4 is 34.6 Å². The molecule has 1 heterocycles. The molecule has 0 saturated carbocycles. The first-order chi connectivity index (χ1) is 8.70. The number of amides is 1. The van der Waals surface area contributed by atoms with Crippen LogP contribution >= 0.6 is 11.6 Å². The Hall–Kier alpha value is -2.00. The van der Waals surface area contributed by atoms with Crippen LogP contribution in [0.5, 0.6) is 0 Å². The summed E-state index contributed by atoms with van der Waals surface area (Å²) in [6.45, 7) is 0. The van der Waals surface area contributed by atoms with Crippen molar-refractivity contribution < 1.29 is 4.79 Å². The van der Waals surface area contributed by atoms with Gasteiger partial charge in [-0.15, -0.1) is 0 Å². The summed E-state index contributed by atoms with van der Waals surface area (Å²) in [5.41, 5.74) is 3.87. The Labute approximate surface area is 110 Å². The van der Waals surface area contributed by atoms with Gasteiger partial charge in [-0.25, -0.2) is 0 Å². The van der Waals surface area contributed by atoms with E-state index in [2.05, 4.69) is 10.6 Å². The molecular formula is C14H11ClN2O. The van der Waals surface area contributed by atoms with Gasteiger partial charge in [-0.05, 0) is 48.0 Å². The van der Waals surface area contributed by atoms with Crippen LogP contribution in [0, 0.1) is 0 Å². The largest absolute Gasteiger partial charge is 0.356 e. The highest BCUT2D eigenvalue weighted by Crippen LogP contribution is 2.27. The van der Waals surface area contributed by atoms with E-state index in [9.17, 15) is 4.79 Å². The molecule has 18 heavy (non-hydrogen) atoms. The number of nitrogens with one attached hydrogen (secondary N) is 2. The number of benzene rings is 2. The molecule has 0 unspecified atom stereocenters. The van der Waals surface area contributed by atoms with Crippen molar-refractivity contribution in [2.45, 2.75) is 6.42 Å². The number of halogens is 1. The Balaban J connectivity index is 1.84. The Morgan fingerprint density at radius 3 is 2.56 bits per heavy atom. The summed E-state index contributed by atoms with van der Waals surface area (Å²) in [6, 6.07) is 13.3. The van der Waals surface area contributed by atoms with Gasteiger partial charge >= 0.3 is 0 Å². The van der Waals surface area contributed by atoms with Gasteiger partial charge in [0.2, 0.25) is 5.91 Å². The van der Waals surface area contributed by atoms with Gasteiger partial charge in [-0.1, -0.05) is 11.6 Å². The molecule has 3 rings (SSSR count). The fourth-order valence-corrected chi connectivity index (χ4v) is 2.13. The SMILES string of the molecule is O=C1Cc2cc(Nc3ccc(Cl)cc3)ccc2N1. The van der Waals surface area contributed by atoms with Crippen molar-refractivity contribution in [2.24, 2.45) is 0 Å². The molecule has 0 spiro atoms. The minimum atomic E-state index is 0.0497. The van der Waals surface area contributed by atoms with Gasteiger partial charge in [0.25, 0.3) is 0 Å². The molecule has 1 aliphatic heterocycles. The highest BCUT2D eigenvalue weighted by molar-refractivity contribution is 6.30. The topological polar surface area (TPSA) is 41.1 Å². The molecule has 90 valence electrons. The molecule has 0 aromatic heterocycles. The lowest BCUT2D eigenvalue weighted by atomic mass is 10.1. The molecule has 2 N–H and O–H groups in total. The molecule has 0 fully saturated rings. The molecule has 0 atom stereocenters. The van der Waals surface area contributed by atoms with E-state index in [4.69, 9.17) is 11.6 Å². The molecule has 3 nitrogen and oxygen atoms in total. The number of anilines is 3. The van der Waals surface area contributed by atoms with Crippen LogP contribution in [0.2, 0.25) is 5.02 Å². The lowest BCUT2D eigenvalue weighted by Crippen LogP contribution is -2.03. The quantitative estimate of drug-likeness (QED) is 0.865. The maximum atomic E-state index is 11.3. The van der Waals surface area contributed by atoms with Crippen molar-refractivity contribution in [1.29, 1.82) is 0 Å². The fraction of sp³-hybridized carbons (Fsp3) is 0.0714. The minimum absolute atomic E-state index is 0.0497. The third kappa shape index (κ3) is 2.17. The van der Waals surface area contributed by atoms with E-state index in [-0.39, 0.29) is 5.91 Å². The number of carbonyl (C=O) groups is 1. The molecular weight excluding hydrogens is 248 g/mol. The lowest BCUT2D eigenvalue weighted by molar-refractivity contribution is -0.115. The third-order valence-electron chi connectivity index (χ3n) is 2.86. The van der Waals surface area contributed by atoms with Crippen molar-refractivity contribution in [1.82, 2.24) is 0 Å². The summed E-state index contributed by atoms with van der Waals surface area (Å²) < 4.78 is 0. The van der Waals surface area contributed by atoms with Crippen LogP contribution in [0.1, 0.15) is 5.56 Å². The molecule has 0 bridgehead atoms. The smallest absolute Gasteiger partial charge is 0.228 e. The average Bonchev–Trinajstić information content (AvgIpc) is 2.71. The zero-order chi connectivity index (χ0) is 12.5. The lowest BCUT2D eigenvalue weighted by Gasteiger charge is -2.08. The van der Waals surface area contributed by atoms with Gasteiger partial charge in [-0.3, -0.25) is 4.79 Å². The van der Waals surface area contributed by atoms with E-state index in [0.717, 1.165) is 22.6 Å². The molecule has 0 radical (unpaired) electrons. The van der Waals surface area contributed by atoms with Crippen LogP contribution in [-0.2, 0) is 11.2 Å². The Kier molecular flexibility index (Phi) is 2.68. The zero-order valence-electron chi connectivity index (χ0n) is 9.53. The summed E-state index contributed by atoms with van der Waals surface area (Å²) in [6.07, 6.45) is 0.450. The van der Waals surface area contributed by atoms with Crippen LogP contribution in [0.25, 0.3) is 0 Å². The van der Waals surface area contributed by atoms with E-state index >= 15 is 0 Å². The van der Waals surface area contributed by atoms with Crippen molar-refractivity contribution in [3.05, 3.63) is 53.1 Å². The predicted molar refractivity (Wildman–Crippen MR) is 73.5 cm³/mol. The normalized spacial score (nSPS) is 13.1. The second kappa shape index (κ2) is 4.35. The van der Waals surface area contributed by atoms with E-state index in [1.165, 1.54) is 0 Å². The zero-order valence-corrected chi connectivity index (χ0v) is 10.3. The number of rotatable bonds is 2. The van der Waals surface area contributed by atoms with Crippen LogP contribution < -0.4 is 10.6 Å². The number of hydrogen-bond donors (Lipinski definition) is 2. The second-order valence-electron chi connectivity index (χ2n) is 4.23. The third-order valence-corrected chi connectivity index (χ3v) is 3.12.